The summed E-state index contributed by atoms with van der Waals surface area (Å²) >= 11 is 2.47. The quantitative estimate of drug-likeness (QED) is 0.371. The second kappa shape index (κ2) is 11.5. The van der Waals surface area contributed by atoms with Gasteiger partial charge in [-0.15, -0.1) is 0 Å². The van der Waals surface area contributed by atoms with Gasteiger partial charge in [0.05, 0.1) is 18.1 Å². The van der Waals surface area contributed by atoms with Gasteiger partial charge in [0, 0.05) is 11.0 Å². The number of ether oxygens (including phenoxy) is 2. The van der Waals surface area contributed by atoms with Gasteiger partial charge in [0.2, 0.25) is 5.76 Å². The van der Waals surface area contributed by atoms with E-state index in [1.165, 1.54) is 5.56 Å². The summed E-state index contributed by atoms with van der Waals surface area (Å²) in [5.41, 5.74) is 10.9. The third kappa shape index (κ3) is 6.10. The molecule has 4 nitrogen and oxygen atoms in total. The fourth-order valence-corrected chi connectivity index (χ4v) is 3.03. The molecule has 1 aliphatic rings. The second-order valence-electron chi connectivity index (χ2n) is 4.80. The van der Waals surface area contributed by atoms with E-state index in [0.29, 0.717) is 31.1 Å². The first-order valence-electron chi connectivity index (χ1n) is 7.60. The molecule has 1 aromatic rings. The predicted molar refractivity (Wildman–Crippen MR) is 94.5 cm³/mol. The Labute approximate surface area is 161 Å². The van der Waals surface area contributed by atoms with Gasteiger partial charge in [-0.1, -0.05) is 29.5 Å². The number of allylic oxidation sites excluding steroid dienone is 3. The Morgan fingerprint density at radius 3 is 2.33 bits per heavy atom. The van der Waals surface area contributed by atoms with Gasteiger partial charge < -0.3 is 15.0 Å². The van der Waals surface area contributed by atoms with Gasteiger partial charge in [-0.2, -0.15) is 4.79 Å². The van der Waals surface area contributed by atoms with Crippen LogP contribution in [0.1, 0.15) is 25.8 Å². The number of hydrogen-bond donors (Lipinski definition) is 0. The molecule has 7 heteroatoms. The van der Waals surface area contributed by atoms with E-state index in [4.69, 9.17) is 24.7 Å². The number of benzene rings is 1. The van der Waals surface area contributed by atoms with Crippen molar-refractivity contribution in [3.05, 3.63) is 57.9 Å². The molecule has 0 spiro atoms. The SMILES string of the molecule is CCOC1=CC(Sc2ccc(C)cc2)=C(OCC)CC1=[N+]=[N-].[Cl][Zn]. The third-order valence-electron chi connectivity index (χ3n) is 3.14. The monoisotopic (exact) mass is 415 g/mol. The van der Waals surface area contributed by atoms with E-state index in [0.717, 1.165) is 32.9 Å². The summed E-state index contributed by atoms with van der Waals surface area (Å²) in [5, 5.41) is 0. The van der Waals surface area contributed by atoms with Gasteiger partial charge in [0.25, 0.3) is 0 Å². The molecule has 0 bridgehead atoms. The molecule has 0 unspecified atom stereocenters. The Balaban J connectivity index is 0.00000139. The van der Waals surface area contributed by atoms with E-state index < -0.39 is 0 Å². The number of nitrogens with zero attached hydrogens (tertiary/aromatic N) is 2. The van der Waals surface area contributed by atoms with Crippen LogP contribution in [0.3, 0.4) is 0 Å². The number of hydrogen-bond acceptors (Lipinski definition) is 3. The first kappa shape index (κ1) is 21.0. The third-order valence-corrected chi connectivity index (χ3v) is 4.21. The van der Waals surface area contributed by atoms with Crippen LogP contribution in [0.25, 0.3) is 5.53 Å². The Morgan fingerprint density at radius 1 is 1.17 bits per heavy atom. The van der Waals surface area contributed by atoms with Crippen LogP contribution in [0.2, 0.25) is 0 Å². The van der Waals surface area contributed by atoms with E-state index >= 15 is 0 Å². The van der Waals surface area contributed by atoms with E-state index in [-0.39, 0.29) is 0 Å². The summed E-state index contributed by atoms with van der Waals surface area (Å²) in [4.78, 5) is 5.45. The minimum absolute atomic E-state index is 0.435. The van der Waals surface area contributed by atoms with Crippen molar-refractivity contribution >= 4 is 27.2 Å². The van der Waals surface area contributed by atoms with Crippen molar-refractivity contribution in [3.63, 3.8) is 0 Å². The molecule has 2 rings (SSSR count). The average molecular weight is 417 g/mol. The zero-order valence-corrected chi connectivity index (χ0v) is 18.8. The summed E-state index contributed by atoms with van der Waals surface area (Å²) < 4.78 is 11.3. The molecule has 0 aromatic heterocycles. The van der Waals surface area contributed by atoms with Crippen LogP contribution in [-0.2, 0) is 26.8 Å². The van der Waals surface area contributed by atoms with Crippen LogP contribution in [0, 0.1) is 6.92 Å². The molecule has 0 saturated carbocycles. The molecule has 24 heavy (non-hydrogen) atoms. The molecule has 0 amide bonds. The normalized spacial score (nSPS) is 13.6. The molecule has 0 N–H and O–H groups in total. The second-order valence-corrected chi connectivity index (χ2v) is 5.92. The van der Waals surface area contributed by atoms with Crippen LogP contribution < -0.4 is 0 Å². The van der Waals surface area contributed by atoms with E-state index in [1.807, 2.05) is 19.9 Å². The van der Waals surface area contributed by atoms with Crippen molar-refractivity contribution in [2.45, 2.75) is 32.1 Å². The molecule has 0 saturated heterocycles. The average Bonchev–Trinajstić information content (AvgIpc) is 2.61. The number of halogens is 1. The van der Waals surface area contributed by atoms with Crippen molar-refractivity contribution < 1.29 is 31.6 Å². The fourth-order valence-electron chi connectivity index (χ4n) is 2.09. The van der Waals surface area contributed by atoms with Gasteiger partial charge in [0.15, 0.2) is 0 Å². The molecular weight excluding hydrogens is 397 g/mol. The van der Waals surface area contributed by atoms with E-state index in [2.05, 4.69) is 36.0 Å². The summed E-state index contributed by atoms with van der Waals surface area (Å²) in [6, 6.07) is 8.33. The Morgan fingerprint density at radius 2 is 1.79 bits per heavy atom. The zero-order valence-electron chi connectivity index (χ0n) is 14.2. The van der Waals surface area contributed by atoms with Gasteiger partial charge in [-0.05, 0) is 32.9 Å². The van der Waals surface area contributed by atoms with Crippen molar-refractivity contribution in [2.24, 2.45) is 0 Å². The molecule has 0 heterocycles. The fraction of sp³-hybridized carbons (Fsp3) is 0.353. The molecule has 0 atom stereocenters. The number of thioether (sulfide) groups is 1. The van der Waals surface area contributed by atoms with Crippen LogP contribution in [0.4, 0.5) is 0 Å². The molecular formula is C17H20ClN2O2SZn. The summed E-state index contributed by atoms with van der Waals surface area (Å²) in [6.07, 6.45) is 2.32. The van der Waals surface area contributed by atoms with Gasteiger partial charge in [0.1, 0.15) is 12.2 Å². The molecule has 1 aliphatic carbocycles. The summed E-state index contributed by atoms with van der Waals surface area (Å²) in [5.74, 6) is 1.41. The molecule has 0 aliphatic heterocycles. The van der Waals surface area contributed by atoms with E-state index in [9.17, 15) is 0 Å². The number of aryl methyl sites for hydroxylation is 1. The van der Waals surface area contributed by atoms with Gasteiger partial charge in [-0.25, -0.2) is 0 Å². The summed E-state index contributed by atoms with van der Waals surface area (Å²) in [6.45, 7) is 7.02. The van der Waals surface area contributed by atoms with Crippen LogP contribution in [-0.4, -0.2) is 23.7 Å². The number of rotatable bonds is 6. The van der Waals surface area contributed by atoms with Crippen LogP contribution >= 0.6 is 21.5 Å². The zero-order chi connectivity index (χ0) is 17.9. The minimum atomic E-state index is 0.435. The Bertz CT molecular complexity index is 653. The maximum atomic E-state index is 9.16. The molecule has 125 valence electrons. The van der Waals surface area contributed by atoms with Gasteiger partial charge >= 0.3 is 32.7 Å². The van der Waals surface area contributed by atoms with Crippen molar-refractivity contribution in [2.75, 3.05) is 13.2 Å². The first-order valence-corrected chi connectivity index (χ1v) is 12.3. The summed E-state index contributed by atoms with van der Waals surface area (Å²) in [7, 11) is 4.76. The van der Waals surface area contributed by atoms with Crippen molar-refractivity contribution in [1.29, 1.82) is 0 Å². The molecule has 1 aromatic carbocycles. The van der Waals surface area contributed by atoms with Crippen molar-refractivity contribution in [1.82, 2.24) is 0 Å². The van der Waals surface area contributed by atoms with Crippen LogP contribution in [0.15, 0.2) is 51.7 Å². The van der Waals surface area contributed by atoms with Crippen molar-refractivity contribution in [3.8, 4) is 0 Å². The van der Waals surface area contributed by atoms with Gasteiger partial charge in [-0.3, -0.25) is 0 Å². The Hall–Kier alpha value is -1.06. The van der Waals surface area contributed by atoms with Crippen LogP contribution in [0.5, 0.6) is 0 Å². The van der Waals surface area contributed by atoms with E-state index in [1.54, 1.807) is 11.8 Å². The standard InChI is InChI=1S/C17H20N2O2S.ClH.Zn/c1-4-20-15-11-17(16(21-5-2)10-14(15)19-18)22-13-8-6-12(3)7-9-13;;/h6-9,11H,4-5,10H2,1-3H3;1H;/q;;+1/p-1. The first-order chi connectivity index (χ1) is 11.7. The molecule has 0 fully saturated rings. The topological polar surface area (TPSA) is 54.9 Å². The maximum absolute atomic E-state index is 9.16. The predicted octanol–water partition coefficient (Wildman–Crippen LogP) is 5.02. The Kier molecular flexibility index (Phi) is 10.0. The molecule has 0 radical (unpaired) electrons.